The molecule has 1 nitrogen and oxygen atoms in total. The summed E-state index contributed by atoms with van der Waals surface area (Å²) in [5, 5.41) is 3.74. The van der Waals surface area contributed by atoms with E-state index in [9.17, 15) is 0 Å². The van der Waals surface area contributed by atoms with Crippen LogP contribution in [0.2, 0.25) is 0 Å². The molecule has 17 heavy (non-hydrogen) atoms. The first-order valence-electron chi connectivity index (χ1n) is 7.71. The Morgan fingerprint density at radius 2 is 2.12 bits per heavy atom. The summed E-state index contributed by atoms with van der Waals surface area (Å²) >= 11 is 0. The van der Waals surface area contributed by atoms with E-state index in [1.54, 1.807) is 0 Å². The van der Waals surface area contributed by atoms with Gasteiger partial charge < -0.3 is 5.32 Å². The van der Waals surface area contributed by atoms with E-state index in [0.717, 1.165) is 12.0 Å². The third-order valence-electron chi connectivity index (χ3n) is 3.99. The molecule has 1 N–H and O–H groups in total. The van der Waals surface area contributed by atoms with Crippen LogP contribution in [-0.2, 0) is 0 Å². The molecule has 0 bridgehead atoms. The maximum atomic E-state index is 3.78. The van der Waals surface area contributed by atoms with E-state index in [4.69, 9.17) is 0 Å². The molecule has 0 radical (unpaired) electrons. The zero-order chi connectivity index (χ0) is 12.3. The Balaban J connectivity index is 2.07. The number of rotatable bonds is 11. The highest BCUT2D eigenvalue weighted by Gasteiger charge is 2.21. The van der Waals surface area contributed by atoms with E-state index in [-0.39, 0.29) is 0 Å². The number of hydrogen-bond donors (Lipinski definition) is 1. The minimum Gasteiger partial charge on any atom is -0.314 e. The van der Waals surface area contributed by atoms with Crippen LogP contribution in [0.25, 0.3) is 0 Å². The molecule has 1 heteroatoms. The first kappa shape index (κ1) is 14.8. The van der Waals surface area contributed by atoms with Gasteiger partial charge in [0, 0.05) is 6.04 Å². The van der Waals surface area contributed by atoms with Crippen LogP contribution in [0, 0.1) is 5.92 Å². The van der Waals surface area contributed by atoms with Crippen LogP contribution in [-0.4, -0.2) is 12.6 Å². The zero-order valence-corrected chi connectivity index (χ0v) is 11.7. The fourth-order valence-corrected chi connectivity index (χ4v) is 2.64. The fourth-order valence-electron chi connectivity index (χ4n) is 2.64. The Labute approximate surface area is 108 Å². The van der Waals surface area contributed by atoms with Gasteiger partial charge in [0.2, 0.25) is 0 Å². The highest BCUT2D eigenvalue weighted by molar-refractivity contribution is 4.77. The Bertz CT molecular complexity index is 184. The fraction of sp³-hybridized carbons (Fsp3) is 0.875. The second-order valence-electron chi connectivity index (χ2n) is 5.61. The minimum atomic E-state index is 0.795. The van der Waals surface area contributed by atoms with Crippen LogP contribution < -0.4 is 5.32 Å². The van der Waals surface area contributed by atoms with Gasteiger partial charge in [0.15, 0.2) is 0 Å². The molecule has 0 amide bonds. The molecule has 0 aromatic heterocycles. The van der Waals surface area contributed by atoms with Crippen molar-refractivity contribution in [3.05, 3.63) is 12.7 Å². The Kier molecular flexibility index (Phi) is 8.42. The SMILES string of the molecule is C=CCCCCCC(CC1CCC1)NCCC. The molecule has 0 spiro atoms. The van der Waals surface area contributed by atoms with Gasteiger partial charge in [0.1, 0.15) is 0 Å². The number of nitrogens with one attached hydrogen (secondary N) is 1. The lowest BCUT2D eigenvalue weighted by molar-refractivity contribution is 0.252. The molecule has 1 unspecified atom stereocenters. The quantitative estimate of drug-likeness (QED) is 0.406. The summed E-state index contributed by atoms with van der Waals surface area (Å²) in [6, 6.07) is 0.795. The molecule has 0 aliphatic heterocycles. The first-order valence-corrected chi connectivity index (χ1v) is 7.71. The number of unbranched alkanes of at least 4 members (excludes halogenated alkanes) is 3. The molecule has 0 heterocycles. The van der Waals surface area contributed by atoms with Gasteiger partial charge in [-0.3, -0.25) is 0 Å². The van der Waals surface area contributed by atoms with Crippen LogP contribution in [0.5, 0.6) is 0 Å². The van der Waals surface area contributed by atoms with Crippen molar-refractivity contribution in [2.75, 3.05) is 6.54 Å². The highest BCUT2D eigenvalue weighted by atomic mass is 14.9. The van der Waals surface area contributed by atoms with E-state index < -0.39 is 0 Å². The third kappa shape index (κ3) is 6.88. The average Bonchev–Trinajstić information content (AvgIpc) is 2.29. The summed E-state index contributed by atoms with van der Waals surface area (Å²) < 4.78 is 0. The van der Waals surface area contributed by atoms with Crippen molar-refractivity contribution >= 4 is 0 Å². The molecule has 100 valence electrons. The normalized spacial score (nSPS) is 17.7. The molecule has 1 rings (SSSR count). The van der Waals surface area contributed by atoms with Crippen molar-refractivity contribution in [1.82, 2.24) is 5.32 Å². The number of allylic oxidation sites excluding steroid dienone is 1. The second kappa shape index (κ2) is 9.70. The van der Waals surface area contributed by atoms with Crippen molar-refractivity contribution in [2.24, 2.45) is 5.92 Å². The lowest BCUT2D eigenvalue weighted by Gasteiger charge is -2.30. The maximum Gasteiger partial charge on any atom is 0.00696 e. The molecule has 1 aliphatic rings. The molecule has 0 aromatic rings. The van der Waals surface area contributed by atoms with E-state index in [2.05, 4.69) is 18.8 Å². The van der Waals surface area contributed by atoms with Crippen LogP contribution in [0.15, 0.2) is 12.7 Å². The molecule has 1 aliphatic carbocycles. The van der Waals surface area contributed by atoms with Gasteiger partial charge in [-0.2, -0.15) is 0 Å². The summed E-state index contributed by atoms with van der Waals surface area (Å²) in [6.45, 7) is 7.24. The van der Waals surface area contributed by atoms with Gasteiger partial charge in [-0.1, -0.05) is 45.1 Å². The Hall–Kier alpha value is -0.300. The summed E-state index contributed by atoms with van der Waals surface area (Å²) in [5.41, 5.74) is 0. The van der Waals surface area contributed by atoms with Crippen molar-refractivity contribution in [3.8, 4) is 0 Å². The van der Waals surface area contributed by atoms with Gasteiger partial charge >= 0.3 is 0 Å². The van der Waals surface area contributed by atoms with Crippen molar-refractivity contribution in [2.45, 2.75) is 77.2 Å². The Morgan fingerprint density at radius 1 is 1.29 bits per heavy atom. The molecule has 1 atom stereocenters. The van der Waals surface area contributed by atoms with Gasteiger partial charge in [-0.15, -0.1) is 6.58 Å². The van der Waals surface area contributed by atoms with E-state index >= 15 is 0 Å². The molecule has 1 fully saturated rings. The molecule has 1 saturated carbocycles. The Morgan fingerprint density at radius 3 is 2.71 bits per heavy atom. The summed E-state index contributed by atoms with van der Waals surface area (Å²) in [7, 11) is 0. The topological polar surface area (TPSA) is 12.0 Å². The van der Waals surface area contributed by atoms with Crippen molar-refractivity contribution in [1.29, 1.82) is 0 Å². The lowest BCUT2D eigenvalue weighted by Crippen LogP contribution is -2.33. The highest BCUT2D eigenvalue weighted by Crippen LogP contribution is 2.31. The maximum absolute atomic E-state index is 3.78. The summed E-state index contributed by atoms with van der Waals surface area (Å²) in [6.07, 6.45) is 15.9. The van der Waals surface area contributed by atoms with Crippen molar-refractivity contribution in [3.63, 3.8) is 0 Å². The summed E-state index contributed by atoms with van der Waals surface area (Å²) in [5.74, 6) is 1.04. The van der Waals surface area contributed by atoms with E-state index in [0.29, 0.717) is 0 Å². The van der Waals surface area contributed by atoms with Crippen LogP contribution in [0.1, 0.15) is 71.1 Å². The van der Waals surface area contributed by atoms with Crippen LogP contribution in [0.3, 0.4) is 0 Å². The van der Waals surface area contributed by atoms with Gasteiger partial charge in [-0.25, -0.2) is 0 Å². The molecule has 0 aromatic carbocycles. The van der Waals surface area contributed by atoms with Gasteiger partial charge in [0.25, 0.3) is 0 Å². The van der Waals surface area contributed by atoms with Crippen molar-refractivity contribution < 1.29 is 0 Å². The monoisotopic (exact) mass is 237 g/mol. The molecular formula is C16H31N. The van der Waals surface area contributed by atoms with Crippen LogP contribution in [0.4, 0.5) is 0 Å². The first-order chi connectivity index (χ1) is 8.36. The standard InChI is InChI=1S/C16H31N/c1-3-5-6-7-8-12-16(17-13-4-2)14-15-10-9-11-15/h3,15-17H,1,4-14H2,2H3. The molecular weight excluding hydrogens is 206 g/mol. The second-order valence-corrected chi connectivity index (χ2v) is 5.61. The lowest BCUT2D eigenvalue weighted by atomic mass is 9.80. The van der Waals surface area contributed by atoms with Crippen LogP contribution >= 0.6 is 0 Å². The predicted molar refractivity (Wildman–Crippen MR) is 77.3 cm³/mol. The predicted octanol–water partition coefficient (Wildman–Crippen LogP) is 4.68. The summed E-state index contributed by atoms with van der Waals surface area (Å²) in [4.78, 5) is 0. The third-order valence-corrected chi connectivity index (χ3v) is 3.99. The van der Waals surface area contributed by atoms with E-state index in [1.807, 2.05) is 6.08 Å². The van der Waals surface area contributed by atoms with Gasteiger partial charge in [-0.05, 0) is 44.6 Å². The van der Waals surface area contributed by atoms with E-state index in [1.165, 1.54) is 70.8 Å². The largest absolute Gasteiger partial charge is 0.314 e. The minimum absolute atomic E-state index is 0.795. The zero-order valence-electron chi connectivity index (χ0n) is 11.7. The van der Waals surface area contributed by atoms with Gasteiger partial charge in [0.05, 0.1) is 0 Å². The average molecular weight is 237 g/mol. The smallest absolute Gasteiger partial charge is 0.00696 e. The number of hydrogen-bond acceptors (Lipinski definition) is 1. The molecule has 0 saturated heterocycles.